The number of hydrogen-bond acceptors (Lipinski definition) is 3. The highest BCUT2D eigenvalue weighted by Crippen LogP contribution is 2.22. The molecule has 15 heavy (non-hydrogen) atoms. The Bertz CT molecular complexity index is 193. The van der Waals surface area contributed by atoms with Gasteiger partial charge in [0, 0.05) is 19.0 Å². The van der Waals surface area contributed by atoms with Crippen molar-refractivity contribution < 1.29 is 4.79 Å². The second-order valence-electron chi connectivity index (χ2n) is 4.18. The van der Waals surface area contributed by atoms with Gasteiger partial charge in [-0.05, 0) is 30.4 Å². The predicted octanol–water partition coefficient (Wildman–Crippen LogP) is 1.10. The molecule has 0 saturated carbocycles. The normalized spacial score (nSPS) is 22.7. The molecule has 88 valence electrons. The number of hydrogen-bond donors (Lipinski definition) is 2. The second kappa shape index (κ2) is 7.12. The number of nitrogens with one attached hydrogen (secondary N) is 2. The largest absolute Gasteiger partial charge is 0.356 e. The van der Waals surface area contributed by atoms with Crippen LogP contribution in [0.2, 0.25) is 0 Å². The Kier molecular flexibility index (Phi) is 6.10. The Labute approximate surface area is 96.8 Å². The summed E-state index contributed by atoms with van der Waals surface area (Å²) in [4.78, 5) is 11.6. The summed E-state index contributed by atoms with van der Waals surface area (Å²) >= 11 is 1.99. The Morgan fingerprint density at radius 1 is 1.60 bits per heavy atom. The van der Waals surface area contributed by atoms with E-state index < -0.39 is 0 Å². The van der Waals surface area contributed by atoms with Gasteiger partial charge in [-0.2, -0.15) is 11.8 Å². The summed E-state index contributed by atoms with van der Waals surface area (Å²) in [5, 5.41) is 6.23. The van der Waals surface area contributed by atoms with E-state index in [0.29, 0.717) is 5.92 Å². The minimum absolute atomic E-state index is 0.0824. The first-order valence-corrected chi connectivity index (χ1v) is 6.95. The smallest absolute Gasteiger partial charge is 0.224 e. The first kappa shape index (κ1) is 12.8. The molecule has 2 unspecified atom stereocenters. The van der Waals surface area contributed by atoms with Crippen LogP contribution in [0.1, 0.15) is 20.3 Å². The Balaban J connectivity index is 2.11. The molecule has 4 heteroatoms. The third-order valence-corrected chi connectivity index (χ3v) is 3.97. The van der Waals surface area contributed by atoms with Gasteiger partial charge >= 0.3 is 0 Å². The molecule has 0 aromatic rings. The predicted molar refractivity (Wildman–Crippen MR) is 66.1 cm³/mol. The second-order valence-corrected chi connectivity index (χ2v) is 5.33. The zero-order chi connectivity index (χ0) is 11.1. The molecule has 1 rings (SSSR count). The van der Waals surface area contributed by atoms with Crippen molar-refractivity contribution in [2.24, 2.45) is 11.8 Å². The van der Waals surface area contributed by atoms with E-state index >= 15 is 0 Å². The fraction of sp³-hybridized carbons (Fsp3) is 0.909. The molecule has 2 N–H and O–H groups in total. The summed E-state index contributed by atoms with van der Waals surface area (Å²) in [6.45, 7) is 6.60. The van der Waals surface area contributed by atoms with Gasteiger partial charge in [-0.1, -0.05) is 13.8 Å². The topological polar surface area (TPSA) is 41.1 Å². The summed E-state index contributed by atoms with van der Waals surface area (Å²) in [5.74, 6) is 3.44. The maximum absolute atomic E-state index is 11.6. The first-order valence-electron chi connectivity index (χ1n) is 5.80. The minimum atomic E-state index is 0.0824. The first-order chi connectivity index (χ1) is 7.24. The fourth-order valence-electron chi connectivity index (χ4n) is 1.62. The SMILES string of the molecule is CCNCC(C)C(=O)NCC1CCSC1. The van der Waals surface area contributed by atoms with Gasteiger partial charge in [0.1, 0.15) is 0 Å². The van der Waals surface area contributed by atoms with Crippen molar-refractivity contribution in [1.82, 2.24) is 10.6 Å². The molecule has 0 aliphatic carbocycles. The molecule has 0 radical (unpaired) electrons. The Hall–Kier alpha value is -0.220. The van der Waals surface area contributed by atoms with Gasteiger partial charge in [0.05, 0.1) is 0 Å². The van der Waals surface area contributed by atoms with Crippen molar-refractivity contribution in [1.29, 1.82) is 0 Å². The lowest BCUT2D eigenvalue weighted by atomic mass is 10.1. The van der Waals surface area contributed by atoms with E-state index in [1.807, 2.05) is 18.7 Å². The molecule has 0 aromatic heterocycles. The van der Waals surface area contributed by atoms with Gasteiger partial charge in [0.15, 0.2) is 0 Å². The molecule has 1 aliphatic rings. The monoisotopic (exact) mass is 230 g/mol. The number of carbonyl (C=O) groups excluding carboxylic acids is 1. The van der Waals surface area contributed by atoms with Crippen LogP contribution < -0.4 is 10.6 Å². The highest BCUT2D eigenvalue weighted by Gasteiger charge is 2.18. The number of thioether (sulfide) groups is 1. The molecule has 3 nitrogen and oxygen atoms in total. The van der Waals surface area contributed by atoms with E-state index in [1.165, 1.54) is 17.9 Å². The van der Waals surface area contributed by atoms with Crippen molar-refractivity contribution in [2.75, 3.05) is 31.1 Å². The summed E-state index contributed by atoms with van der Waals surface area (Å²) in [5.41, 5.74) is 0. The molecular weight excluding hydrogens is 208 g/mol. The minimum Gasteiger partial charge on any atom is -0.356 e. The van der Waals surface area contributed by atoms with Crippen LogP contribution in [0.15, 0.2) is 0 Å². The third kappa shape index (κ3) is 4.89. The number of rotatable bonds is 6. The van der Waals surface area contributed by atoms with Gasteiger partial charge in [-0.3, -0.25) is 4.79 Å². The van der Waals surface area contributed by atoms with E-state index in [1.54, 1.807) is 0 Å². The van der Waals surface area contributed by atoms with Crippen molar-refractivity contribution in [3.05, 3.63) is 0 Å². The van der Waals surface area contributed by atoms with Crippen LogP contribution in [-0.4, -0.2) is 37.0 Å². The van der Waals surface area contributed by atoms with Crippen molar-refractivity contribution in [3.8, 4) is 0 Å². The molecule has 1 amide bonds. The van der Waals surface area contributed by atoms with Gasteiger partial charge < -0.3 is 10.6 Å². The van der Waals surface area contributed by atoms with Gasteiger partial charge in [-0.15, -0.1) is 0 Å². The van der Waals surface area contributed by atoms with Crippen molar-refractivity contribution >= 4 is 17.7 Å². The lowest BCUT2D eigenvalue weighted by molar-refractivity contribution is -0.124. The van der Waals surface area contributed by atoms with Gasteiger partial charge in [0.25, 0.3) is 0 Å². The number of amides is 1. The molecule has 1 aliphatic heterocycles. The van der Waals surface area contributed by atoms with Crippen LogP contribution >= 0.6 is 11.8 Å². The zero-order valence-electron chi connectivity index (χ0n) is 9.71. The van der Waals surface area contributed by atoms with Crippen molar-refractivity contribution in [3.63, 3.8) is 0 Å². The zero-order valence-corrected chi connectivity index (χ0v) is 10.5. The van der Waals surface area contributed by atoms with Gasteiger partial charge in [0.2, 0.25) is 5.91 Å². The highest BCUT2D eigenvalue weighted by atomic mass is 32.2. The lowest BCUT2D eigenvalue weighted by Crippen LogP contribution is -2.37. The van der Waals surface area contributed by atoms with Crippen LogP contribution in [0.4, 0.5) is 0 Å². The van der Waals surface area contributed by atoms with Crippen LogP contribution in [0, 0.1) is 11.8 Å². The van der Waals surface area contributed by atoms with Crippen molar-refractivity contribution in [2.45, 2.75) is 20.3 Å². The van der Waals surface area contributed by atoms with E-state index in [9.17, 15) is 4.79 Å². The van der Waals surface area contributed by atoms with E-state index in [4.69, 9.17) is 0 Å². The average molecular weight is 230 g/mol. The molecular formula is C11H22N2OS. The molecule has 1 heterocycles. The van der Waals surface area contributed by atoms with Crippen LogP contribution in [0.5, 0.6) is 0 Å². The number of carbonyl (C=O) groups is 1. The molecule has 0 bridgehead atoms. The third-order valence-electron chi connectivity index (χ3n) is 2.74. The highest BCUT2D eigenvalue weighted by molar-refractivity contribution is 7.99. The fourth-order valence-corrected chi connectivity index (χ4v) is 2.90. The van der Waals surface area contributed by atoms with E-state index in [-0.39, 0.29) is 11.8 Å². The maximum Gasteiger partial charge on any atom is 0.224 e. The summed E-state index contributed by atoms with van der Waals surface area (Å²) in [7, 11) is 0. The molecule has 0 spiro atoms. The van der Waals surface area contributed by atoms with Crippen LogP contribution in [-0.2, 0) is 4.79 Å². The van der Waals surface area contributed by atoms with E-state index in [0.717, 1.165) is 19.6 Å². The summed E-state index contributed by atoms with van der Waals surface area (Å²) in [6, 6.07) is 0. The molecule has 1 fully saturated rings. The Morgan fingerprint density at radius 2 is 2.40 bits per heavy atom. The van der Waals surface area contributed by atoms with Crippen LogP contribution in [0.3, 0.4) is 0 Å². The average Bonchev–Trinajstić information content (AvgIpc) is 2.75. The van der Waals surface area contributed by atoms with E-state index in [2.05, 4.69) is 17.6 Å². The Morgan fingerprint density at radius 3 is 3.00 bits per heavy atom. The quantitative estimate of drug-likeness (QED) is 0.718. The molecule has 1 saturated heterocycles. The van der Waals surface area contributed by atoms with Crippen LogP contribution in [0.25, 0.3) is 0 Å². The maximum atomic E-state index is 11.6. The standard InChI is InChI=1S/C11H22N2OS/c1-3-12-6-9(2)11(14)13-7-10-4-5-15-8-10/h9-10,12H,3-8H2,1-2H3,(H,13,14). The summed E-state index contributed by atoms with van der Waals surface area (Å²) in [6.07, 6.45) is 1.26. The molecule has 0 aromatic carbocycles. The van der Waals surface area contributed by atoms with Gasteiger partial charge in [-0.25, -0.2) is 0 Å². The summed E-state index contributed by atoms with van der Waals surface area (Å²) < 4.78 is 0. The lowest BCUT2D eigenvalue weighted by Gasteiger charge is -2.14. The molecule has 2 atom stereocenters.